The van der Waals surface area contributed by atoms with Crippen LogP contribution in [0.4, 0.5) is 16.5 Å². The molecule has 0 aliphatic carbocycles. The molecule has 0 amide bonds. The fraction of sp³-hybridized carbons (Fsp3) is 0.0952. The number of benzene rings is 2. The lowest BCUT2D eigenvalue weighted by Gasteiger charge is -2.12. The Balaban J connectivity index is 1.53. The minimum atomic E-state index is -0.465. The molecule has 0 aliphatic rings. The van der Waals surface area contributed by atoms with E-state index in [0.717, 1.165) is 5.39 Å². The summed E-state index contributed by atoms with van der Waals surface area (Å²) in [4.78, 5) is 29.2. The molecule has 0 radical (unpaired) electrons. The van der Waals surface area contributed by atoms with Gasteiger partial charge in [-0.3, -0.25) is 15.5 Å². The van der Waals surface area contributed by atoms with Crippen LogP contribution < -0.4 is 16.0 Å². The van der Waals surface area contributed by atoms with Crippen molar-refractivity contribution in [2.24, 2.45) is 5.10 Å². The van der Waals surface area contributed by atoms with Gasteiger partial charge in [-0.05, 0) is 18.2 Å². The van der Waals surface area contributed by atoms with E-state index in [4.69, 9.17) is 4.42 Å². The van der Waals surface area contributed by atoms with Gasteiger partial charge >= 0.3 is 5.63 Å². The first kappa shape index (κ1) is 20.2. The highest BCUT2D eigenvalue weighted by molar-refractivity contribution is 7.14. The second-order valence-corrected chi connectivity index (χ2v) is 7.65. The number of aromatic nitrogens is 1. The smallest absolute Gasteiger partial charge is 0.345 e. The number of para-hydroxylation sites is 1. The molecular formula is C21H17N5O4S. The molecule has 1 N–H and O–H groups in total. The maximum absolute atomic E-state index is 12.3. The molecule has 9 nitrogen and oxygen atoms in total. The van der Waals surface area contributed by atoms with Crippen molar-refractivity contribution in [1.29, 1.82) is 0 Å². The van der Waals surface area contributed by atoms with Crippen molar-refractivity contribution in [3.05, 3.63) is 80.0 Å². The Hall–Kier alpha value is -4.05. The first-order valence-electron chi connectivity index (χ1n) is 9.16. The fourth-order valence-electron chi connectivity index (χ4n) is 3.00. The Morgan fingerprint density at radius 3 is 2.81 bits per heavy atom. The summed E-state index contributed by atoms with van der Waals surface area (Å²) in [6, 6.07) is 13.9. The van der Waals surface area contributed by atoms with Crippen molar-refractivity contribution >= 4 is 45.0 Å². The van der Waals surface area contributed by atoms with Crippen molar-refractivity contribution in [3.63, 3.8) is 0 Å². The number of nitrogens with one attached hydrogen (secondary N) is 1. The molecule has 0 spiro atoms. The zero-order valence-electron chi connectivity index (χ0n) is 16.6. The summed E-state index contributed by atoms with van der Waals surface area (Å²) in [6.07, 6.45) is 1.47. The number of nitro benzene ring substituents is 1. The zero-order chi connectivity index (χ0) is 22.0. The SMILES string of the molecule is CN(C)c1ccc(/C=N/Nc2nc(-c3cc4ccccc4oc3=O)cs2)cc1[N+](=O)[O-]. The minimum Gasteiger partial charge on any atom is -0.422 e. The number of fused-ring (bicyclic) bond motifs is 1. The molecule has 4 aromatic rings. The van der Waals surface area contributed by atoms with Gasteiger partial charge in [0.15, 0.2) is 0 Å². The van der Waals surface area contributed by atoms with Crippen LogP contribution in [0.5, 0.6) is 0 Å². The third-order valence-corrected chi connectivity index (χ3v) is 5.22. The Morgan fingerprint density at radius 2 is 2.03 bits per heavy atom. The van der Waals surface area contributed by atoms with Gasteiger partial charge in [0.2, 0.25) is 5.13 Å². The van der Waals surface area contributed by atoms with Crippen molar-refractivity contribution in [1.82, 2.24) is 4.98 Å². The van der Waals surface area contributed by atoms with Gasteiger partial charge in [0.1, 0.15) is 11.3 Å². The van der Waals surface area contributed by atoms with Crippen LogP contribution in [0.15, 0.2) is 68.2 Å². The van der Waals surface area contributed by atoms with E-state index >= 15 is 0 Å². The molecule has 156 valence electrons. The Bertz CT molecular complexity index is 1360. The number of nitrogens with zero attached hydrogens (tertiary/aromatic N) is 4. The van der Waals surface area contributed by atoms with E-state index in [1.54, 1.807) is 54.7 Å². The lowest BCUT2D eigenvalue weighted by Crippen LogP contribution is -2.11. The minimum absolute atomic E-state index is 0.00601. The molecule has 0 fully saturated rings. The van der Waals surface area contributed by atoms with Crippen molar-refractivity contribution < 1.29 is 9.34 Å². The molecule has 31 heavy (non-hydrogen) atoms. The van der Waals surface area contributed by atoms with Crippen molar-refractivity contribution in [3.8, 4) is 11.3 Å². The number of rotatable bonds is 6. The lowest BCUT2D eigenvalue weighted by atomic mass is 10.1. The fourth-order valence-corrected chi connectivity index (χ4v) is 3.66. The number of hydrogen-bond acceptors (Lipinski definition) is 9. The summed E-state index contributed by atoms with van der Waals surface area (Å²) in [6.45, 7) is 0. The van der Waals surface area contributed by atoms with Gasteiger partial charge < -0.3 is 9.32 Å². The van der Waals surface area contributed by atoms with E-state index in [-0.39, 0.29) is 5.69 Å². The van der Waals surface area contributed by atoms with E-state index in [1.807, 2.05) is 12.1 Å². The summed E-state index contributed by atoms with van der Waals surface area (Å²) in [5, 5.41) is 18.4. The quantitative estimate of drug-likeness (QED) is 0.207. The predicted molar refractivity (Wildman–Crippen MR) is 122 cm³/mol. The van der Waals surface area contributed by atoms with Crippen LogP contribution >= 0.6 is 11.3 Å². The van der Waals surface area contributed by atoms with Crippen molar-refractivity contribution in [2.75, 3.05) is 24.4 Å². The highest BCUT2D eigenvalue weighted by Crippen LogP contribution is 2.28. The third kappa shape index (κ3) is 4.28. The second kappa shape index (κ2) is 8.36. The van der Waals surface area contributed by atoms with Crippen LogP contribution in [0, 0.1) is 10.1 Å². The number of nitro groups is 1. The van der Waals surface area contributed by atoms with Crippen LogP contribution in [-0.2, 0) is 0 Å². The number of anilines is 2. The van der Waals surface area contributed by atoms with E-state index in [0.29, 0.717) is 33.2 Å². The van der Waals surface area contributed by atoms with Crippen LogP contribution in [-0.4, -0.2) is 30.2 Å². The average molecular weight is 435 g/mol. The summed E-state index contributed by atoms with van der Waals surface area (Å²) in [5.74, 6) is 0. The largest absolute Gasteiger partial charge is 0.422 e. The van der Waals surface area contributed by atoms with Gasteiger partial charge in [-0.15, -0.1) is 11.3 Å². The zero-order valence-corrected chi connectivity index (χ0v) is 17.4. The third-order valence-electron chi connectivity index (χ3n) is 4.47. The van der Waals surface area contributed by atoms with Crippen molar-refractivity contribution in [2.45, 2.75) is 0 Å². The molecule has 4 rings (SSSR count). The Labute approximate surface area is 180 Å². The van der Waals surface area contributed by atoms with Crippen LogP contribution in [0.3, 0.4) is 0 Å². The number of hydrogen-bond donors (Lipinski definition) is 1. The van der Waals surface area contributed by atoms with Gasteiger partial charge in [-0.2, -0.15) is 5.10 Å². The van der Waals surface area contributed by atoms with Crippen LogP contribution in [0.25, 0.3) is 22.2 Å². The normalized spacial score (nSPS) is 11.2. The van der Waals surface area contributed by atoms with Gasteiger partial charge in [0.25, 0.3) is 5.69 Å². The van der Waals surface area contributed by atoms with Gasteiger partial charge in [-0.25, -0.2) is 9.78 Å². The van der Waals surface area contributed by atoms with Gasteiger partial charge in [0.05, 0.1) is 22.4 Å². The van der Waals surface area contributed by atoms with E-state index in [1.165, 1.54) is 23.6 Å². The van der Waals surface area contributed by atoms with E-state index < -0.39 is 10.5 Å². The molecule has 2 aromatic carbocycles. The lowest BCUT2D eigenvalue weighted by molar-refractivity contribution is -0.384. The topological polar surface area (TPSA) is 114 Å². The predicted octanol–water partition coefficient (Wildman–Crippen LogP) is 4.34. The molecule has 0 bridgehead atoms. The number of hydrazone groups is 1. The van der Waals surface area contributed by atoms with Crippen LogP contribution in [0.1, 0.15) is 5.56 Å². The van der Waals surface area contributed by atoms with Gasteiger partial charge in [0, 0.05) is 36.5 Å². The summed E-state index contributed by atoms with van der Waals surface area (Å²) < 4.78 is 5.35. The monoisotopic (exact) mass is 435 g/mol. The maximum Gasteiger partial charge on any atom is 0.345 e. The highest BCUT2D eigenvalue weighted by atomic mass is 32.1. The average Bonchev–Trinajstić information content (AvgIpc) is 3.21. The summed E-state index contributed by atoms with van der Waals surface area (Å²) >= 11 is 1.28. The molecular weight excluding hydrogens is 418 g/mol. The van der Waals surface area contributed by atoms with E-state index in [2.05, 4.69) is 15.5 Å². The molecule has 10 heteroatoms. The second-order valence-electron chi connectivity index (χ2n) is 6.79. The van der Waals surface area contributed by atoms with Gasteiger partial charge in [-0.1, -0.05) is 24.3 Å². The summed E-state index contributed by atoms with van der Waals surface area (Å²) in [5.41, 5.74) is 4.75. The first-order valence-corrected chi connectivity index (χ1v) is 10.0. The van der Waals surface area contributed by atoms with E-state index in [9.17, 15) is 14.9 Å². The molecule has 2 heterocycles. The van der Waals surface area contributed by atoms with Crippen LogP contribution in [0.2, 0.25) is 0 Å². The molecule has 2 aromatic heterocycles. The Morgan fingerprint density at radius 1 is 1.23 bits per heavy atom. The Kier molecular flexibility index (Phi) is 5.46. The summed E-state index contributed by atoms with van der Waals surface area (Å²) in [7, 11) is 3.49. The molecule has 0 unspecified atom stereocenters. The molecule has 0 saturated carbocycles. The molecule has 0 saturated heterocycles. The first-order chi connectivity index (χ1) is 14.9. The molecule has 0 aliphatic heterocycles. The molecule has 0 atom stereocenters. The number of thiazole rings is 1. The standard InChI is InChI=1S/C21H17N5O4S/c1-25(2)17-8-7-13(9-18(17)26(28)29)11-22-24-21-23-16(12-31-21)15-10-14-5-3-4-6-19(14)30-20(15)27/h3-12H,1-2H3,(H,23,24)/b22-11+. The highest BCUT2D eigenvalue weighted by Gasteiger charge is 2.15. The maximum atomic E-state index is 12.3.